The molecule has 0 aromatic heterocycles. The Labute approximate surface area is 160 Å². The van der Waals surface area contributed by atoms with Crippen LogP contribution in [0, 0.1) is 0 Å². The zero-order valence-electron chi connectivity index (χ0n) is 13.2. The van der Waals surface area contributed by atoms with Crippen molar-refractivity contribution in [2.75, 3.05) is 13.6 Å². The Morgan fingerprint density at radius 1 is 1.00 bits per heavy atom. The Bertz CT molecular complexity index is 768. The first-order chi connectivity index (χ1) is 11.9. The quantitative estimate of drug-likeness (QED) is 0.409. The van der Waals surface area contributed by atoms with Crippen molar-refractivity contribution in [1.82, 2.24) is 4.90 Å². The van der Waals surface area contributed by atoms with E-state index in [0.29, 0.717) is 0 Å². The first kappa shape index (κ1) is 19.4. The number of amides is 1. The molecule has 2 aromatic carbocycles. The van der Waals surface area contributed by atoms with E-state index in [2.05, 4.69) is 0 Å². The molecule has 5 nitrogen and oxygen atoms in total. The zero-order chi connectivity index (χ0) is 18.4. The van der Waals surface area contributed by atoms with Crippen LogP contribution in [0.5, 0.6) is 5.75 Å². The Morgan fingerprint density at radius 3 is 2.32 bits per heavy atom. The number of carbonyl (C=O) groups excluding carboxylic acids is 2. The first-order valence-electron chi connectivity index (χ1n) is 7.14. The van der Waals surface area contributed by atoms with E-state index in [0.717, 1.165) is 10.5 Å². The second-order valence-corrected chi connectivity index (χ2v) is 6.29. The van der Waals surface area contributed by atoms with Gasteiger partial charge >= 0.3 is 12.1 Å². The lowest BCUT2D eigenvalue weighted by Crippen LogP contribution is -2.34. The minimum atomic E-state index is -0.695. The van der Waals surface area contributed by atoms with Crippen molar-refractivity contribution >= 4 is 46.9 Å². The predicted octanol–water partition coefficient (Wildman–Crippen LogP) is 4.82. The molecule has 0 radical (unpaired) electrons. The lowest BCUT2D eigenvalue weighted by atomic mass is 10.2. The summed E-state index contributed by atoms with van der Waals surface area (Å²) in [5.74, 6) is -0.633. The van der Waals surface area contributed by atoms with Gasteiger partial charge in [-0.25, -0.2) is 9.59 Å². The molecule has 0 atom stereocenters. The van der Waals surface area contributed by atoms with E-state index in [1.165, 1.54) is 19.2 Å². The van der Waals surface area contributed by atoms with E-state index >= 15 is 0 Å². The Hall–Kier alpha value is -1.95. The molecule has 25 heavy (non-hydrogen) atoms. The van der Waals surface area contributed by atoms with Crippen LogP contribution in [-0.2, 0) is 16.1 Å². The standard InChI is InChI=1S/C17H14Cl3NO4/c1-21(17(23)24-10-11-5-3-2-4-6-11)9-16(22)25-15-8-13(19)12(18)7-14(15)20/h2-8H,9-10H2,1H3. The molecule has 0 spiro atoms. The molecule has 2 rings (SSSR count). The number of benzene rings is 2. The highest BCUT2D eigenvalue weighted by Gasteiger charge is 2.17. The van der Waals surface area contributed by atoms with Crippen LogP contribution in [0.1, 0.15) is 5.56 Å². The van der Waals surface area contributed by atoms with Crippen LogP contribution in [-0.4, -0.2) is 30.6 Å². The van der Waals surface area contributed by atoms with Crippen LogP contribution in [0.2, 0.25) is 15.1 Å². The molecule has 0 N–H and O–H groups in total. The van der Waals surface area contributed by atoms with Gasteiger partial charge in [-0.2, -0.15) is 0 Å². The first-order valence-corrected chi connectivity index (χ1v) is 8.27. The zero-order valence-corrected chi connectivity index (χ0v) is 15.4. The lowest BCUT2D eigenvalue weighted by molar-refractivity contribution is -0.135. The average molecular weight is 403 g/mol. The minimum Gasteiger partial charge on any atom is -0.445 e. The summed E-state index contributed by atoms with van der Waals surface area (Å²) in [6.45, 7) is -0.206. The molecule has 2 aromatic rings. The number of esters is 1. The Kier molecular flexibility index (Phi) is 6.93. The van der Waals surface area contributed by atoms with Crippen molar-refractivity contribution in [3.8, 4) is 5.75 Å². The van der Waals surface area contributed by atoms with Crippen molar-refractivity contribution in [3.05, 3.63) is 63.1 Å². The van der Waals surface area contributed by atoms with Crippen molar-refractivity contribution in [2.45, 2.75) is 6.61 Å². The molecule has 132 valence electrons. The normalized spacial score (nSPS) is 10.2. The number of hydrogen-bond donors (Lipinski definition) is 0. The molecule has 0 saturated heterocycles. The molecule has 0 heterocycles. The molecule has 0 aliphatic heterocycles. The van der Waals surface area contributed by atoms with Gasteiger partial charge in [0.25, 0.3) is 0 Å². The second-order valence-electron chi connectivity index (χ2n) is 5.07. The summed E-state index contributed by atoms with van der Waals surface area (Å²) < 4.78 is 10.2. The molecule has 0 unspecified atom stereocenters. The number of nitrogens with zero attached hydrogens (tertiary/aromatic N) is 1. The monoisotopic (exact) mass is 401 g/mol. The van der Waals surface area contributed by atoms with Gasteiger partial charge in [0.15, 0.2) is 5.75 Å². The van der Waals surface area contributed by atoms with E-state index in [4.69, 9.17) is 44.3 Å². The summed E-state index contributed by atoms with van der Waals surface area (Å²) in [6.07, 6.45) is -0.652. The topological polar surface area (TPSA) is 55.8 Å². The van der Waals surface area contributed by atoms with Crippen molar-refractivity contribution in [2.24, 2.45) is 0 Å². The SMILES string of the molecule is CN(CC(=O)Oc1cc(Cl)c(Cl)cc1Cl)C(=O)OCc1ccccc1. The van der Waals surface area contributed by atoms with Crippen molar-refractivity contribution < 1.29 is 19.1 Å². The summed E-state index contributed by atoms with van der Waals surface area (Å²) in [5.41, 5.74) is 0.842. The minimum absolute atomic E-state index is 0.0621. The lowest BCUT2D eigenvalue weighted by Gasteiger charge is -2.16. The van der Waals surface area contributed by atoms with E-state index in [-0.39, 0.29) is 34.0 Å². The van der Waals surface area contributed by atoms with E-state index in [1.807, 2.05) is 30.3 Å². The summed E-state index contributed by atoms with van der Waals surface area (Å²) in [4.78, 5) is 24.9. The van der Waals surface area contributed by atoms with Gasteiger partial charge in [-0.05, 0) is 11.6 Å². The second kappa shape index (κ2) is 8.94. The van der Waals surface area contributed by atoms with E-state index in [9.17, 15) is 9.59 Å². The summed E-state index contributed by atoms with van der Waals surface area (Å²) in [7, 11) is 1.42. The van der Waals surface area contributed by atoms with Gasteiger partial charge in [0.05, 0.1) is 15.1 Å². The third kappa shape index (κ3) is 5.81. The number of hydrogen-bond acceptors (Lipinski definition) is 4. The maximum Gasteiger partial charge on any atom is 0.410 e. The fourth-order valence-electron chi connectivity index (χ4n) is 1.83. The van der Waals surface area contributed by atoms with Crippen LogP contribution < -0.4 is 4.74 Å². The largest absolute Gasteiger partial charge is 0.445 e. The third-order valence-corrected chi connectivity index (χ3v) is 4.10. The highest BCUT2D eigenvalue weighted by molar-refractivity contribution is 6.43. The van der Waals surface area contributed by atoms with Crippen LogP contribution in [0.25, 0.3) is 0 Å². The van der Waals surface area contributed by atoms with E-state index < -0.39 is 12.1 Å². The average Bonchev–Trinajstić information content (AvgIpc) is 2.58. The molecule has 8 heteroatoms. The maximum absolute atomic E-state index is 11.9. The molecule has 1 amide bonds. The third-order valence-electron chi connectivity index (χ3n) is 3.08. The summed E-state index contributed by atoms with van der Waals surface area (Å²) >= 11 is 17.6. The van der Waals surface area contributed by atoms with Crippen LogP contribution >= 0.6 is 34.8 Å². The molecular formula is C17H14Cl3NO4. The van der Waals surface area contributed by atoms with Crippen LogP contribution in [0.15, 0.2) is 42.5 Å². The van der Waals surface area contributed by atoms with E-state index in [1.54, 1.807) is 0 Å². The fraction of sp³-hybridized carbons (Fsp3) is 0.176. The van der Waals surface area contributed by atoms with Crippen molar-refractivity contribution in [1.29, 1.82) is 0 Å². The maximum atomic E-state index is 11.9. The number of carbonyl (C=O) groups is 2. The fourth-order valence-corrected chi connectivity index (χ4v) is 2.40. The molecular weight excluding hydrogens is 389 g/mol. The van der Waals surface area contributed by atoms with Crippen molar-refractivity contribution in [3.63, 3.8) is 0 Å². The van der Waals surface area contributed by atoms with Gasteiger partial charge in [0.2, 0.25) is 0 Å². The van der Waals surface area contributed by atoms with Gasteiger partial charge in [0, 0.05) is 13.1 Å². The van der Waals surface area contributed by atoms with Gasteiger partial charge in [-0.3, -0.25) is 0 Å². The number of ether oxygens (including phenoxy) is 2. The Morgan fingerprint density at radius 2 is 1.64 bits per heavy atom. The molecule has 0 aliphatic rings. The number of likely N-dealkylation sites (N-methyl/N-ethyl adjacent to an activating group) is 1. The van der Waals surface area contributed by atoms with Gasteiger partial charge < -0.3 is 14.4 Å². The van der Waals surface area contributed by atoms with Crippen LogP contribution in [0.3, 0.4) is 0 Å². The van der Waals surface area contributed by atoms with Gasteiger partial charge in [-0.15, -0.1) is 0 Å². The Balaban J connectivity index is 1.87. The molecule has 0 aliphatic carbocycles. The highest BCUT2D eigenvalue weighted by Crippen LogP contribution is 2.33. The smallest absolute Gasteiger partial charge is 0.410 e. The molecule has 0 bridgehead atoms. The number of halogens is 3. The van der Waals surface area contributed by atoms with Gasteiger partial charge in [-0.1, -0.05) is 65.1 Å². The predicted molar refractivity (Wildman–Crippen MR) is 96.4 cm³/mol. The molecule has 0 fully saturated rings. The highest BCUT2D eigenvalue weighted by atomic mass is 35.5. The summed E-state index contributed by atoms with van der Waals surface area (Å²) in [5, 5.41) is 0.578. The number of rotatable bonds is 5. The molecule has 0 saturated carbocycles. The van der Waals surface area contributed by atoms with Crippen LogP contribution in [0.4, 0.5) is 4.79 Å². The van der Waals surface area contributed by atoms with Gasteiger partial charge in [0.1, 0.15) is 13.2 Å². The summed E-state index contributed by atoms with van der Waals surface area (Å²) in [6, 6.07) is 11.9.